The topological polar surface area (TPSA) is 67.3 Å². The number of amides is 1. The molecular weight excluding hydrogens is 280 g/mol. The molecule has 3 rings (SSSR count). The lowest BCUT2D eigenvalue weighted by Crippen LogP contribution is -2.56. The molecule has 114 valence electrons. The van der Waals surface area contributed by atoms with Gasteiger partial charge < -0.3 is 15.0 Å². The van der Waals surface area contributed by atoms with Gasteiger partial charge in [-0.25, -0.2) is 0 Å². The Balaban J connectivity index is 2.07. The lowest BCUT2D eigenvalue weighted by Gasteiger charge is -2.42. The van der Waals surface area contributed by atoms with Gasteiger partial charge in [-0.15, -0.1) is 0 Å². The largest absolute Gasteiger partial charge is 0.481 e. The van der Waals surface area contributed by atoms with Crippen molar-refractivity contribution >= 4 is 17.4 Å². The van der Waals surface area contributed by atoms with Crippen LogP contribution in [-0.2, 0) is 11.3 Å². The Bertz CT molecular complexity index is 701. The highest BCUT2D eigenvalue weighted by molar-refractivity contribution is 6.05. The normalized spacial score (nSPS) is 16.0. The van der Waals surface area contributed by atoms with E-state index in [0.29, 0.717) is 23.9 Å². The van der Waals surface area contributed by atoms with Gasteiger partial charge in [0.1, 0.15) is 5.54 Å². The third-order valence-electron chi connectivity index (χ3n) is 3.84. The van der Waals surface area contributed by atoms with Crippen LogP contribution in [0.2, 0.25) is 0 Å². The van der Waals surface area contributed by atoms with Crippen molar-refractivity contribution in [1.82, 2.24) is 9.97 Å². The van der Waals surface area contributed by atoms with Crippen LogP contribution in [0.25, 0.3) is 0 Å². The Labute approximate surface area is 129 Å². The number of methoxy groups -OCH3 is 1. The third kappa shape index (κ3) is 2.36. The van der Waals surface area contributed by atoms with E-state index in [0.717, 1.165) is 5.69 Å². The van der Waals surface area contributed by atoms with E-state index in [1.54, 1.807) is 25.4 Å². The van der Waals surface area contributed by atoms with Gasteiger partial charge in [0.05, 0.1) is 25.0 Å². The molecule has 6 nitrogen and oxygen atoms in total. The first-order chi connectivity index (χ1) is 10.5. The second-order valence-electron chi connectivity index (χ2n) is 5.65. The lowest BCUT2D eigenvalue weighted by atomic mass is 9.97. The van der Waals surface area contributed by atoms with Gasteiger partial charge >= 0.3 is 0 Å². The van der Waals surface area contributed by atoms with Crippen LogP contribution in [0.3, 0.4) is 0 Å². The summed E-state index contributed by atoms with van der Waals surface area (Å²) in [5.41, 5.74) is 0.825. The standard InChI is InChI=1S/C16H18N4O2/c1-16(2)15(21)18-12-7-8-13(22-3)19-14(12)20(16)10-11-6-4-5-9-17-11/h4-9H,10H2,1-3H3,(H,18,21). The molecule has 0 bridgehead atoms. The molecule has 3 heterocycles. The number of hydrogen-bond donors (Lipinski definition) is 1. The molecule has 2 aromatic heterocycles. The minimum Gasteiger partial charge on any atom is -0.481 e. The summed E-state index contributed by atoms with van der Waals surface area (Å²) < 4.78 is 5.21. The molecule has 1 N–H and O–H groups in total. The fourth-order valence-electron chi connectivity index (χ4n) is 2.44. The first kappa shape index (κ1) is 14.3. The number of ether oxygens (including phenoxy) is 1. The maximum absolute atomic E-state index is 12.4. The molecule has 1 amide bonds. The fraction of sp³-hybridized carbons (Fsp3) is 0.312. The molecule has 0 aromatic carbocycles. The Morgan fingerprint density at radius 1 is 1.27 bits per heavy atom. The monoisotopic (exact) mass is 298 g/mol. The van der Waals surface area contributed by atoms with E-state index in [1.807, 2.05) is 36.9 Å². The minimum atomic E-state index is -0.732. The predicted octanol–water partition coefficient (Wildman–Crippen LogP) is 2.22. The van der Waals surface area contributed by atoms with Crippen LogP contribution in [0.5, 0.6) is 5.88 Å². The second-order valence-corrected chi connectivity index (χ2v) is 5.65. The number of hydrogen-bond acceptors (Lipinski definition) is 5. The molecule has 0 aliphatic carbocycles. The molecule has 0 atom stereocenters. The summed E-state index contributed by atoms with van der Waals surface area (Å²) in [6.45, 7) is 4.24. The highest BCUT2D eigenvalue weighted by Crippen LogP contribution is 2.37. The van der Waals surface area contributed by atoms with Crippen molar-refractivity contribution in [1.29, 1.82) is 0 Å². The third-order valence-corrected chi connectivity index (χ3v) is 3.84. The van der Waals surface area contributed by atoms with Crippen LogP contribution >= 0.6 is 0 Å². The summed E-state index contributed by atoms with van der Waals surface area (Å²) in [4.78, 5) is 23.2. The molecule has 1 aliphatic heterocycles. The Kier molecular flexibility index (Phi) is 3.44. The number of pyridine rings is 2. The molecule has 6 heteroatoms. The van der Waals surface area contributed by atoms with Crippen LogP contribution < -0.4 is 15.0 Å². The van der Waals surface area contributed by atoms with E-state index in [9.17, 15) is 4.79 Å². The van der Waals surface area contributed by atoms with Crippen molar-refractivity contribution in [3.63, 3.8) is 0 Å². The van der Waals surface area contributed by atoms with Gasteiger partial charge in [0.2, 0.25) is 11.8 Å². The zero-order chi connectivity index (χ0) is 15.7. The van der Waals surface area contributed by atoms with Crippen LogP contribution in [0, 0.1) is 0 Å². The number of nitrogens with one attached hydrogen (secondary N) is 1. The smallest absolute Gasteiger partial charge is 0.249 e. The molecule has 22 heavy (non-hydrogen) atoms. The lowest BCUT2D eigenvalue weighted by molar-refractivity contribution is -0.120. The van der Waals surface area contributed by atoms with E-state index in [1.165, 1.54) is 0 Å². The quantitative estimate of drug-likeness (QED) is 0.941. The van der Waals surface area contributed by atoms with Crippen molar-refractivity contribution < 1.29 is 9.53 Å². The van der Waals surface area contributed by atoms with E-state index in [4.69, 9.17) is 4.74 Å². The molecule has 1 aliphatic rings. The zero-order valence-electron chi connectivity index (χ0n) is 12.8. The summed E-state index contributed by atoms with van der Waals surface area (Å²) in [6.07, 6.45) is 1.74. The number of rotatable bonds is 3. The molecule has 2 aromatic rings. The van der Waals surface area contributed by atoms with Gasteiger partial charge in [-0.05, 0) is 32.0 Å². The number of carbonyl (C=O) groups excluding carboxylic acids is 1. The first-order valence-corrected chi connectivity index (χ1v) is 7.06. The summed E-state index contributed by atoms with van der Waals surface area (Å²) in [5.74, 6) is 1.13. The zero-order valence-corrected chi connectivity index (χ0v) is 12.8. The average Bonchev–Trinajstić information content (AvgIpc) is 2.53. The van der Waals surface area contributed by atoms with Crippen molar-refractivity contribution in [2.45, 2.75) is 25.9 Å². The molecule has 0 unspecified atom stereocenters. The van der Waals surface area contributed by atoms with Crippen LogP contribution in [0.1, 0.15) is 19.5 Å². The van der Waals surface area contributed by atoms with Gasteiger partial charge in [-0.1, -0.05) is 6.07 Å². The summed E-state index contributed by atoms with van der Waals surface area (Å²) >= 11 is 0. The van der Waals surface area contributed by atoms with Gasteiger partial charge in [0.25, 0.3) is 0 Å². The Morgan fingerprint density at radius 2 is 2.09 bits per heavy atom. The Hall–Kier alpha value is -2.63. The minimum absolute atomic E-state index is 0.0668. The predicted molar refractivity (Wildman–Crippen MR) is 83.9 cm³/mol. The maximum Gasteiger partial charge on any atom is 0.249 e. The van der Waals surface area contributed by atoms with Crippen LogP contribution in [0.15, 0.2) is 36.5 Å². The number of aromatic nitrogens is 2. The van der Waals surface area contributed by atoms with Gasteiger partial charge in [-0.2, -0.15) is 4.98 Å². The average molecular weight is 298 g/mol. The van der Waals surface area contributed by atoms with E-state index in [2.05, 4.69) is 15.3 Å². The highest BCUT2D eigenvalue weighted by atomic mass is 16.5. The first-order valence-electron chi connectivity index (χ1n) is 7.06. The van der Waals surface area contributed by atoms with Crippen molar-refractivity contribution in [3.05, 3.63) is 42.2 Å². The summed E-state index contributed by atoms with van der Waals surface area (Å²) in [5, 5.41) is 2.90. The molecule has 0 saturated heterocycles. The number of nitrogens with zero attached hydrogens (tertiary/aromatic N) is 3. The van der Waals surface area contributed by atoms with Crippen molar-refractivity contribution in [2.75, 3.05) is 17.3 Å². The second kappa shape index (κ2) is 5.29. The van der Waals surface area contributed by atoms with E-state index >= 15 is 0 Å². The van der Waals surface area contributed by atoms with Gasteiger partial charge in [0, 0.05) is 12.3 Å². The van der Waals surface area contributed by atoms with E-state index < -0.39 is 5.54 Å². The number of anilines is 2. The van der Waals surface area contributed by atoms with Gasteiger partial charge in [0.15, 0.2) is 5.82 Å². The molecule has 0 spiro atoms. The molecule has 0 saturated carbocycles. The number of fused-ring (bicyclic) bond motifs is 1. The molecule has 0 radical (unpaired) electrons. The van der Waals surface area contributed by atoms with Gasteiger partial charge in [-0.3, -0.25) is 9.78 Å². The molecule has 0 fully saturated rings. The van der Waals surface area contributed by atoms with Crippen molar-refractivity contribution in [3.8, 4) is 5.88 Å². The van der Waals surface area contributed by atoms with Crippen LogP contribution in [0.4, 0.5) is 11.5 Å². The Morgan fingerprint density at radius 3 is 2.77 bits per heavy atom. The highest BCUT2D eigenvalue weighted by Gasteiger charge is 2.41. The number of carbonyl (C=O) groups is 1. The molecular formula is C16H18N4O2. The summed E-state index contributed by atoms with van der Waals surface area (Å²) in [7, 11) is 1.57. The van der Waals surface area contributed by atoms with E-state index in [-0.39, 0.29) is 5.91 Å². The van der Waals surface area contributed by atoms with Crippen LogP contribution in [-0.4, -0.2) is 28.5 Å². The maximum atomic E-state index is 12.4. The van der Waals surface area contributed by atoms with Crippen molar-refractivity contribution in [2.24, 2.45) is 0 Å². The fourth-order valence-corrected chi connectivity index (χ4v) is 2.44. The SMILES string of the molecule is COc1ccc2c(n1)N(Cc1ccccn1)C(C)(C)C(=O)N2. The summed E-state index contributed by atoms with van der Waals surface area (Å²) in [6, 6.07) is 9.27.